The van der Waals surface area contributed by atoms with Gasteiger partial charge in [0.25, 0.3) is 0 Å². The fourth-order valence-corrected chi connectivity index (χ4v) is 5.93. The minimum Gasteiger partial charge on any atom is -0.392 e. The molecule has 1 heteroatoms. The van der Waals surface area contributed by atoms with Gasteiger partial charge < -0.3 is 5.11 Å². The van der Waals surface area contributed by atoms with Gasteiger partial charge in [-0.1, -0.05) is 27.7 Å². The van der Waals surface area contributed by atoms with E-state index in [-0.39, 0.29) is 16.9 Å². The van der Waals surface area contributed by atoms with Gasteiger partial charge in [-0.25, -0.2) is 0 Å². The lowest BCUT2D eigenvalue weighted by atomic mass is 9.51. The van der Waals surface area contributed by atoms with Gasteiger partial charge in [-0.2, -0.15) is 0 Å². The average molecular weight is 222 g/mol. The molecule has 1 spiro atoms. The SMILES string of the molecule is C[C@@H]1CC[C@H]2C(C)(C)[C@@H](O)[C@]3(C)CC[C@@]12C3. The molecule has 16 heavy (non-hydrogen) atoms. The second-order valence-electron chi connectivity index (χ2n) is 7.82. The molecule has 0 heterocycles. The van der Waals surface area contributed by atoms with E-state index in [9.17, 15) is 5.11 Å². The molecular formula is C15H26O. The lowest BCUT2D eigenvalue weighted by molar-refractivity contribution is -0.138. The Morgan fingerprint density at radius 3 is 2.44 bits per heavy atom. The van der Waals surface area contributed by atoms with Gasteiger partial charge in [0.05, 0.1) is 6.10 Å². The maximum absolute atomic E-state index is 10.7. The zero-order chi connectivity index (χ0) is 11.8. The van der Waals surface area contributed by atoms with Crippen LogP contribution in [0, 0.1) is 28.1 Å². The first kappa shape index (κ1) is 11.1. The quantitative estimate of drug-likeness (QED) is 0.664. The highest BCUT2D eigenvalue weighted by Crippen LogP contribution is 2.72. The van der Waals surface area contributed by atoms with Gasteiger partial charge in [-0.15, -0.1) is 0 Å². The molecule has 0 amide bonds. The zero-order valence-electron chi connectivity index (χ0n) is 11.2. The van der Waals surface area contributed by atoms with Gasteiger partial charge in [-0.3, -0.25) is 0 Å². The third-order valence-electron chi connectivity index (χ3n) is 6.72. The van der Waals surface area contributed by atoms with E-state index in [1.165, 1.54) is 32.1 Å². The van der Waals surface area contributed by atoms with Gasteiger partial charge in [0.2, 0.25) is 0 Å². The van der Waals surface area contributed by atoms with E-state index in [1.807, 2.05) is 0 Å². The van der Waals surface area contributed by atoms with Crippen LogP contribution in [0.5, 0.6) is 0 Å². The Morgan fingerprint density at radius 2 is 1.75 bits per heavy atom. The first-order valence-corrected chi connectivity index (χ1v) is 7.01. The van der Waals surface area contributed by atoms with Crippen molar-refractivity contribution in [1.29, 1.82) is 0 Å². The van der Waals surface area contributed by atoms with Crippen LogP contribution in [-0.4, -0.2) is 11.2 Å². The topological polar surface area (TPSA) is 20.2 Å². The Kier molecular flexibility index (Phi) is 1.98. The van der Waals surface area contributed by atoms with E-state index in [1.54, 1.807) is 0 Å². The van der Waals surface area contributed by atoms with Crippen LogP contribution in [0.4, 0.5) is 0 Å². The molecule has 92 valence electrons. The monoisotopic (exact) mass is 222 g/mol. The fourth-order valence-electron chi connectivity index (χ4n) is 5.93. The molecule has 0 aromatic heterocycles. The Balaban J connectivity index is 2.10. The molecule has 0 saturated heterocycles. The summed E-state index contributed by atoms with van der Waals surface area (Å²) in [6.07, 6.45) is 6.55. The third kappa shape index (κ3) is 1.02. The average Bonchev–Trinajstić information content (AvgIpc) is 2.69. The molecule has 0 radical (unpaired) electrons. The fraction of sp³-hybridized carbons (Fsp3) is 1.00. The number of aliphatic hydroxyl groups excluding tert-OH is 1. The molecule has 0 aromatic rings. The molecule has 3 aliphatic rings. The summed E-state index contributed by atoms with van der Waals surface area (Å²) in [6.45, 7) is 9.42. The second-order valence-corrected chi connectivity index (χ2v) is 7.82. The lowest BCUT2D eigenvalue weighted by Gasteiger charge is -2.55. The Labute approximate surface area is 99.6 Å². The highest BCUT2D eigenvalue weighted by molar-refractivity contribution is 5.16. The zero-order valence-corrected chi connectivity index (χ0v) is 11.2. The van der Waals surface area contributed by atoms with Crippen LogP contribution < -0.4 is 0 Å². The molecule has 2 bridgehead atoms. The van der Waals surface area contributed by atoms with Crippen molar-refractivity contribution in [3.63, 3.8) is 0 Å². The van der Waals surface area contributed by atoms with Crippen molar-refractivity contribution in [2.24, 2.45) is 28.1 Å². The van der Waals surface area contributed by atoms with Crippen LogP contribution in [0.25, 0.3) is 0 Å². The van der Waals surface area contributed by atoms with Crippen LogP contribution in [-0.2, 0) is 0 Å². The summed E-state index contributed by atoms with van der Waals surface area (Å²) in [4.78, 5) is 0. The molecule has 0 aromatic carbocycles. The van der Waals surface area contributed by atoms with E-state index in [4.69, 9.17) is 0 Å². The predicted molar refractivity (Wildman–Crippen MR) is 66.1 cm³/mol. The molecule has 3 aliphatic carbocycles. The molecule has 3 rings (SSSR count). The summed E-state index contributed by atoms with van der Waals surface area (Å²) >= 11 is 0. The van der Waals surface area contributed by atoms with Crippen molar-refractivity contribution in [3.8, 4) is 0 Å². The van der Waals surface area contributed by atoms with Gasteiger partial charge in [-0.05, 0) is 60.2 Å². The van der Waals surface area contributed by atoms with E-state index in [0.717, 1.165) is 11.8 Å². The first-order valence-electron chi connectivity index (χ1n) is 7.01. The van der Waals surface area contributed by atoms with Gasteiger partial charge in [0.1, 0.15) is 0 Å². The summed E-state index contributed by atoms with van der Waals surface area (Å²) in [5.74, 6) is 1.65. The van der Waals surface area contributed by atoms with E-state index < -0.39 is 0 Å². The summed E-state index contributed by atoms with van der Waals surface area (Å²) < 4.78 is 0. The van der Waals surface area contributed by atoms with Crippen molar-refractivity contribution in [3.05, 3.63) is 0 Å². The largest absolute Gasteiger partial charge is 0.392 e. The summed E-state index contributed by atoms with van der Waals surface area (Å²) in [7, 11) is 0. The lowest BCUT2D eigenvalue weighted by Crippen LogP contribution is -2.54. The predicted octanol–water partition coefficient (Wildman–Crippen LogP) is 3.61. The standard InChI is InChI=1S/C15H26O/c1-10-5-6-11-13(2,3)12(16)14(4)7-8-15(10,11)9-14/h10-12,16H,5-9H2,1-4H3/t10-,11+,12-,14-,15-/m1/s1. The Morgan fingerprint density at radius 1 is 1.06 bits per heavy atom. The Hall–Kier alpha value is -0.0400. The van der Waals surface area contributed by atoms with Crippen molar-refractivity contribution in [1.82, 2.24) is 0 Å². The molecule has 3 saturated carbocycles. The molecule has 0 unspecified atom stereocenters. The molecule has 3 fully saturated rings. The van der Waals surface area contributed by atoms with Crippen molar-refractivity contribution < 1.29 is 5.11 Å². The molecule has 0 aliphatic heterocycles. The van der Waals surface area contributed by atoms with E-state index in [2.05, 4.69) is 27.7 Å². The summed E-state index contributed by atoms with van der Waals surface area (Å²) in [5.41, 5.74) is 0.921. The molecule has 5 atom stereocenters. The van der Waals surface area contributed by atoms with Crippen LogP contribution in [0.15, 0.2) is 0 Å². The smallest absolute Gasteiger partial charge is 0.0647 e. The number of hydrogen-bond donors (Lipinski definition) is 1. The van der Waals surface area contributed by atoms with Crippen LogP contribution in [0.1, 0.15) is 59.8 Å². The van der Waals surface area contributed by atoms with Crippen LogP contribution in [0.2, 0.25) is 0 Å². The van der Waals surface area contributed by atoms with Crippen molar-refractivity contribution >= 4 is 0 Å². The number of fused-ring (bicyclic) bond motifs is 1. The maximum atomic E-state index is 10.7. The first-order chi connectivity index (χ1) is 7.33. The number of rotatable bonds is 0. The highest BCUT2D eigenvalue weighted by Gasteiger charge is 2.67. The number of hydrogen-bond acceptors (Lipinski definition) is 1. The minimum atomic E-state index is -0.0917. The molecular weight excluding hydrogens is 196 g/mol. The van der Waals surface area contributed by atoms with Crippen LogP contribution >= 0.6 is 0 Å². The van der Waals surface area contributed by atoms with E-state index >= 15 is 0 Å². The normalized spacial score (nSPS) is 58.7. The van der Waals surface area contributed by atoms with Gasteiger partial charge in [0, 0.05) is 0 Å². The molecule has 1 nitrogen and oxygen atoms in total. The van der Waals surface area contributed by atoms with Gasteiger partial charge >= 0.3 is 0 Å². The summed E-state index contributed by atoms with van der Waals surface area (Å²) in [6, 6.07) is 0. The Bertz CT molecular complexity index is 321. The minimum absolute atomic E-state index is 0.0917. The van der Waals surface area contributed by atoms with E-state index in [0.29, 0.717) is 5.41 Å². The van der Waals surface area contributed by atoms with Crippen molar-refractivity contribution in [2.45, 2.75) is 65.9 Å². The summed E-state index contributed by atoms with van der Waals surface area (Å²) in [5, 5.41) is 10.7. The highest BCUT2D eigenvalue weighted by atomic mass is 16.3. The molecule has 1 N–H and O–H groups in total. The van der Waals surface area contributed by atoms with Crippen LogP contribution in [0.3, 0.4) is 0 Å². The second kappa shape index (κ2) is 2.85. The van der Waals surface area contributed by atoms with Crippen molar-refractivity contribution in [2.75, 3.05) is 0 Å². The van der Waals surface area contributed by atoms with Gasteiger partial charge in [0.15, 0.2) is 0 Å². The number of aliphatic hydroxyl groups is 1. The maximum Gasteiger partial charge on any atom is 0.0647 e. The third-order valence-corrected chi connectivity index (χ3v) is 6.72.